The molecule has 2 aromatic rings. The summed E-state index contributed by atoms with van der Waals surface area (Å²) in [5.74, 6) is -1.44. The van der Waals surface area contributed by atoms with Gasteiger partial charge in [0.15, 0.2) is 23.0 Å². The smallest absolute Gasteiger partial charge is 0.405 e. The minimum absolute atomic E-state index is 0.0535. The molecule has 0 aliphatic carbocycles. The van der Waals surface area contributed by atoms with Gasteiger partial charge < -0.3 is 25.1 Å². The molecular formula is C28H39N4O11PS. The molecule has 1 saturated heterocycles. The van der Waals surface area contributed by atoms with Gasteiger partial charge in [-0.2, -0.15) is 4.98 Å². The highest BCUT2D eigenvalue weighted by Gasteiger charge is 2.60. The number of aliphatic hydroxyl groups excluding tert-OH is 1. The summed E-state index contributed by atoms with van der Waals surface area (Å²) in [6, 6.07) is 10.4. The van der Waals surface area contributed by atoms with Gasteiger partial charge in [-0.25, -0.2) is 14.4 Å². The Balaban J connectivity index is 1.86. The molecule has 15 nitrogen and oxygen atoms in total. The maximum atomic E-state index is 13.9. The second kappa shape index (κ2) is 15.5. The van der Waals surface area contributed by atoms with Crippen LogP contribution in [0.2, 0.25) is 0 Å². The standard InChI is InChI=1S/C28H39N4O11PS/c1-18(34)41-23-21(42-24(28(23,5)43-19(2)35)32-12-11-22(29)31-26(32)37)16-40-44(38,30-15-20-9-7-6-8-10-20)39-13-14-45-25(36)27(3,4)17-33/h6-12,21,23-24,33H,13-17H2,1-5H3,(H,30,38)(H2,29,31,37)/t21-,23?,24?,28?,44?/m1/s1. The maximum Gasteiger partial charge on any atom is 0.405 e. The number of nitrogens with two attached hydrogens (primary N) is 1. The summed E-state index contributed by atoms with van der Waals surface area (Å²) in [6.45, 7) is 5.97. The van der Waals surface area contributed by atoms with E-state index in [0.717, 1.165) is 35.7 Å². The van der Waals surface area contributed by atoms with E-state index in [0.29, 0.717) is 0 Å². The van der Waals surface area contributed by atoms with E-state index in [4.69, 9.17) is 29.0 Å². The third kappa shape index (κ3) is 9.69. The van der Waals surface area contributed by atoms with Crippen LogP contribution in [0.5, 0.6) is 0 Å². The molecular weight excluding hydrogens is 631 g/mol. The topological polar surface area (TPSA) is 208 Å². The Hall–Kier alpha value is -3.11. The molecule has 0 saturated carbocycles. The van der Waals surface area contributed by atoms with Crippen molar-refractivity contribution in [2.45, 2.75) is 65.2 Å². The zero-order valence-corrected chi connectivity index (χ0v) is 27.4. The number of carbonyl (C=O) groups excluding carboxylic acids is 3. The van der Waals surface area contributed by atoms with E-state index in [2.05, 4.69) is 10.1 Å². The summed E-state index contributed by atoms with van der Waals surface area (Å²) in [5, 5.41) is 12.0. The molecule has 0 spiro atoms. The van der Waals surface area contributed by atoms with Crippen molar-refractivity contribution >= 4 is 42.4 Å². The lowest BCUT2D eigenvalue weighted by molar-refractivity contribution is -0.185. The van der Waals surface area contributed by atoms with Gasteiger partial charge in [0, 0.05) is 32.3 Å². The van der Waals surface area contributed by atoms with Gasteiger partial charge in [0.2, 0.25) is 0 Å². The van der Waals surface area contributed by atoms with Crippen LogP contribution in [-0.4, -0.2) is 75.1 Å². The average molecular weight is 671 g/mol. The van der Waals surface area contributed by atoms with Crippen LogP contribution in [0.3, 0.4) is 0 Å². The van der Waals surface area contributed by atoms with E-state index >= 15 is 0 Å². The minimum atomic E-state index is -4.13. The van der Waals surface area contributed by atoms with Gasteiger partial charge in [0.25, 0.3) is 0 Å². The number of benzene rings is 1. The fraction of sp³-hybridized carbons (Fsp3) is 0.536. The zero-order chi connectivity index (χ0) is 33.4. The first-order chi connectivity index (χ1) is 21.1. The number of ether oxygens (including phenoxy) is 3. The molecule has 45 heavy (non-hydrogen) atoms. The number of rotatable bonds is 15. The van der Waals surface area contributed by atoms with Crippen LogP contribution in [0.4, 0.5) is 5.82 Å². The van der Waals surface area contributed by atoms with Gasteiger partial charge in [-0.1, -0.05) is 42.1 Å². The van der Waals surface area contributed by atoms with Crippen molar-refractivity contribution in [2.75, 3.05) is 31.3 Å². The Morgan fingerprint density at radius 3 is 2.47 bits per heavy atom. The Morgan fingerprint density at radius 1 is 1.18 bits per heavy atom. The highest BCUT2D eigenvalue weighted by molar-refractivity contribution is 8.13. The predicted octanol–water partition coefficient (Wildman–Crippen LogP) is 2.19. The highest BCUT2D eigenvalue weighted by atomic mass is 32.2. The monoisotopic (exact) mass is 670 g/mol. The molecule has 0 bridgehead atoms. The molecule has 1 aliphatic heterocycles. The van der Waals surface area contributed by atoms with E-state index in [1.165, 1.54) is 19.2 Å². The summed E-state index contributed by atoms with van der Waals surface area (Å²) in [7, 11) is -4.13. The predicted molar refractivity (Wildman–Crippen MR) is 164 cm³/mol. The van der Waals surface area contributed by atoms with Crippen molar-refractivity contribution in [1.82, 2.24) is 14.6 Å². The molecule has 1 fully saturated rings. The van der Waals surface area contributed by atoms with E-state index in [9.17, 15) is 28.8 Å². The summed E-state index contributed by atoms with van der Waals surface area (Å²) in [5.41, 5.74) is 2.86. The lowest BCUT2D eigenvalue weighted by atomic mass is 9.95. The average Bonchev–Trinajstić information content (AvgIpc) is 3.23. The van der Waals surface area contributed by atoms with E-state index in [1.54, 1.807) is 38.1 Å². The van der Waals surface area contributed by atoms with Gasteiger partial charge in [-0.05, 0) is 32.4 Å². The first-order valence-corrected chi connectivity index (χ1v) is 16.5. The van der Waals surface area contributed by atoms with Crippen molar-refractivity contribution in [2.24, 2.45) is 5.41 Å². The second-order valence-corrected chi connectivity index (χ2v) is 13.9. The first-order valence-electron chi connectivity index (χ1n) is 13.9. The van der Waals surface area contributed by atoms with Gasteiger partial charge in [-0.3, -0.25) is 28.0 Å². The van der Waals surface area contributed by atoms with Crippen LogP contribution in [0.25, 0.3) is 0 Å². The molecule has 17 heteroatoms. The van der Waals surface area contributed by atoms with Crippen LogP contribution in [0, 0.1) is 5.41 Å². The summed E-state index contributed by atoms with van der Waals surface area (Å²) < 4.78 is 43.6. The van der Waals surface area contributed by atoms with Crippen molar-refractivity contribution < 1.29 is 47.3 Å². The number of nitrogens with one attached hydrogen (secondary N) is 1. The zero-order valence-electron chi connectivity index (χ0n) is 25.7. The van der Waals surface area contributed by atoms with Crippen LogP contribution < -0.4 is 16.5 Å². The molecule has 2 heterocycles. The summed E-state index contributed by atoms with van der Waals surface area (Å²) >= 11 is 0.913. The number of aliphatic hydroxyl groups is 1. The largest absolute Gasteiger partial charge is 0.455 e. The second-order valence-electron chi connectivity index (χ2n) is 11.0. The van der Waals surface area contributed by atoms with Gasteiger partial charge in [0.05, 0.1) is 25.2 Å². The molecule has 4 N–H and O–H groups in total. The summed E-state index contributed by atoms with van der Waals surface area (Å²) in [6.07, 6.45) is -2.61. The van der Waals surface area contributed by atoms with Crippen LogP contribution in [-0.2, 0) is 48.8 Å². The molecule has 0 amide bonds. The van der Waals surface area contributed by atoms with E-state index in [1.807, 2.05) is 6.07 Å². The van der Waals surface area contributed by atoms with Crippen molar-refractivity contribution in [3.05, 3.63) is 58.6 Å². The van der Waals surface area contributed by atoms with Crippen LogP contribution in [0.15, 0.2) is 47.4 Å². The molecule has 1 aliphatic rings. The third-order valence-corrected chi connectivity index (χ3v) is 9.45. The number of esters is 2. The lowest BCUT2D eigenvalue weighted by Crippen LogP contribution is -2.51. The SMILES string of the molecule is CC(=O)OC1[C@@H](COP(=O)(NCc2ccccc2)OCCSC(=O)C(C)(C)CO)OC(n2ccc(N)nc2=O)C1(C)OC(C)=O. The lowest BCUT2D eigenvalue weighted by Gasteiger charge is -2.34. The van der Waals surface area contributed by atoms with Crippen LogP contribution >= 0.6 is 19.5 Å². The van der Waals surface area contributed by atoms with Gasteiger partial charge in [0.1, 0.15) is 11.9 Å². The minimum Gasteiger partial charge on any atom is -0.455 e. The number of thioether (sulfide) groups is 1. The molecule has 4 unspecified atom stereocenters. The Kier molecular flexibility index (Phi) is 12.5. The van der Waals surface area contributed by atoms with E-state index < -0.39 is 61.4 Å². The quantitative estimate of drug-likeness (QED) is 0.141. The Morgan fingerprint density at radius 2 is 1.87 bits per heavy atom. The Labute approximate surface area is 264 Å². The molecule has 5 atom stereocenters. The number of nitrogens with zero attached hydrogens (tertiary/aromatic N) is 2. The number of nitrogen functional groups attached to an aromatic ring is 1. The molecule has 0 radical (unpaired) electrons. The molecule has 248 valence electrons. The number of anilines is 1. The normalized spacial score (nSPS) is 22.8. The van der Waals surface area contributed by atoms with Gasteiger partial charge in [-0.15, -0.1) is 0 Å². The van der Waals surface area contributed by atoms with E-state index in [-0.39, 0.29) is 36.4 Å². The first kappa shape index (κ1) is 36.4. The summed E-state index contributed by atoms with van der Waals surface area (Å²) in [4.78, 5) is 53.2. The highest BCUT2D eigenvalue weighted by Crippen LogP contribution is 2.48. The fourth-order valence-electron chi connectivity index (χ4n) is 4.38. The maximum absolute atomic E-state index is 13.9. The molecule has 3 rings (SSSR count). The number of aromatic nitrogens is 2. The molecule has 1 aromatic heterocycles. The van der Waals surface area contributed by atoms with Crippen LogP contribution in [0.1, 0.15) is 46.4 Å². The number of hydrogen-bond donors (Lipinski definition) is 3. The van der Waals surface area contributed by atoms with Crippen molar-refractivity contribution in [3.8, 4) is 0 Å². The number of hydrogen-bond acceptors (Lipinski definition) is 14. The third-order valence-electron chi connectivity index (χ3n) is 6.71. The van der Waals surface area contributed by atoms with Crippen molar-refractivity contribution in [1.29, 1.82) is 0 Å². The number of carbonyl (C=O) groups is 3. The molecule has 1 aromatic carbocycles. The van der Waals surface area contributed by atoms with Gasteiger partial charge >= 0.3 is 25.4 Å². The fourth-order valence-corrected chi connectivity index (χ4v) is 6.62. The Bertz CT molecular complexity index is 1460. The van der Waals surface area contributed by atoms with Crippen molar-refractivity contribution in [3.63, 3.8) is 0 Å².